The molecule has 2 aromatic rings. The number of anilines is 2. The van der Waals surface area contributed by atoms with Crippen molar-refractivity contribution in [3.63, 3.8) is 0 Å². The number of nitrogens with one attached hydrogen (secondary N) is 1. The van der Waals surface area contributed by atoms with Gasteiger partial charge in [0, 0.05) is 18.8 Å². The molecule has 0 bridgehead atoms. The van der Waals surface area contributed by atoms with Crippen LogP contribution < -0.4 is 11.1 Å². The fourth-order valence-corrected chi connectivity index (χ4v) is 1.29. The van der Waals surface area contributed by atoms with Crippen molar-refractivity contribution in [2.24, 2.45) is 5.73 Å². The van der Waals surface area contributed by atoms with Crippen molar-refractivity contribution in [2.45, 2.75) is 6.42 Å². The quantitative estimate of drug-likeness (QED) is 0.799. The third kappa shape index (κ3) is 2.74. The van der Waals surface area contributed by atoms with Gasteiger partial charge < -0.3 is 11.1 Å². The summed E-state index contributed by atoms with van der Waals surface area (Å²) in [6, 6.07) is 7.46. The van der Waals surface area contributed by atoms with Gasteiger partial charge >= 0.3 is 0 Å². The summed E-state index contributed by atoms with van der Waals surface area (Å²) < 4.78 is 0. The van der Waals surface area contributed by atoms with Gasteiger partial charge in [0.2, 0.25) is 0 Å². The van der Waals surface area contributed by atoms with Crippen molar-refractivity contribution in [2.75, 3.05) is 11.9 Å². The maximum Gasteiger partial charge on any atom is 0.135 e. The van der Waals surface area contributed by atoms with Crippen LogP contribution >= 0.6 is 0 Å². The van der Waals surface area contributed by atoms with Gasteiger partial charge in [0.25, 0.3) is 0 Å². The second-order valence-corrected chi connectivity index (χ2v) is 3.24. The molecule has 0 atom stereocenters. The van der Waals surface area contributed by atoms with E-state index >= 15 is 0 Å². The van der Waals surface area contributed by atoms with Crippen molar-refractivity contribution in [1.82, 2.24) is 15.0 Å². The molecule has 2 rings (SSSR count). The van der Waals surface area contributed by atoms with Crippen LogP contribution in [0.5, 0.6) is 0 Å². The molecule has 0 spiro atoms. The van der Waals surface area contributed by atoms with Crippen LogP contribution in [0, 0.1) is 0 Å². The molecular formula is C11H13N5. The summed E-state index contributed by atoms with van der Waals surface area (Å²) in [5, 5.41) is 3.10. The topological polar surface area (TPSA) is 76.7 Å². The predicted octanol–water partition coefficient (Wildman–Crippen LogP) is 1.12. The fraction of sp³-hybridized carbons (Fsp3) is 0.182. The molecule has 2 aromatic heterocycles. The second-order valence-electron chi connectivity index (χ2n) is 3.24. The third-order valence-electron chi connectivity index (χ3n) is 1.99. The standard InChI is InChI=1S/C11H13N5/c12-6-4-10-14-8-5-11(16-10)15-9-3-1-2-7-13-9/h1-3,5,7-8H,4,6,12H2,(H,13,14,15,16). The molecule has 0 aliphatic rings. The van der Waals surface area contributed by atoms with Gasteiger partial charge in [0.15, 0.2) is 0 Å². The minimum Gasteiger partial charge on any atom is -0.330 e. The first-order valence-electron chi connectivity index (χ1n) is 5.08. The van der Waals surface area contributed by atoms with Crippen LogP contribution in [0.4, 0.5) is 11.6 Å². The van der Waals surface area contributed by atoms with Gasteiger partial charge in [-0.1, -0.05) is 6.07 Å². The summed E-state index contributed by atoms with van der Waals surface area (Å²) in [7, 11) is 0. The van der Waals surface area contributed by atoms with Crippen molar-refractivity contribution in [3.8, 4) is 0 Å². The number of rotatable bonds is 4. The van der Waals surface area contributed by atoms with Crippen molar-refractivity contribution in [3.05, 3.63) is 42.5 Å². The van der Waals surface area contributed by atoms with Crippen LogP contribution in [0.15, 0.2) is 36.7 Å². The maximum absolute atomic E-state index is 5.45. The van der Waals surface area contributed by atoms with E-state index in [1.807, 2.05) is 18.2 Å². The highest BCUT2D eigenvalue weighted by atomic mass is 15.1. The van der Waals surface area contributed by atoms with E-state index in [2.05, 4.69) is 20.3 Å². The molecule has 0 aliphatic carbocycles. The molecule has 0 saturated carbocycles. The van der Waals surface area contributed by atoms with Gasteiger partial charge in [-0.05, 0) is 24.7 Å². The number of nitrogens with two attached hydrogens (primary N) is 1. The molecule has 0 amide bonds. The minimum absolute atomic E-state index is 0.549. The van der Waals surface area contributed by atoms with Crippen LogP contribution in [-0.4, -0.2) is 21.5 Å². The Bertz CT molecular complexity index is 443. The highest BCUT2D eigenvalue weighted by molar-refractivity contribution is 5.50. The molecule has 0 aromatic carbocycles. The van der Waals surface area contributed by atoms with Gasteiger partial charge in [0.1, 0.15) is 17.5 Å². The Kier molecular flexibility index (Phi) is 3.40. The lowest BCUT2D eigenvalue weighted by molar-refractivity contribution is 0.869. The molecule has 0 aliphatic heterocycles. The van der Waals surface area contributed by atoms with E-state index in [9.17, 15) is 0 Å². The number of pyridine rings is 1. The first kappa shape index (κ1) is 10.5. The normalized spacial score (nSPS) is 10.1. The van der Waals surface area contributed by atoms with Crippen LogP contribution in [0.1, 0.15) is 5.82 Å². The Morgan fingerprint density at radius 1 is 1.06 bits per heavy atom. The summed E-state index contributed by atoms with van der Waals surface area (Å²) >= 11 is 0. The number of nitrogens with zero attached hydrogens (tertiary/aromatic N) is 3. The summed E-state index contributed by atoms with van der Waals surface area (Å²) in [5.74, 6) is 2.24. The summed E-state index contributed by atoms with van der Waals surface area (Å²) in [6.07, 6.45) is 4.12. The molecule has 0 unspecified atom stereocenters. The molecular weight excluding hydrogens is 202 g/mol. The first-order valence-corrected chi connectivity index (χ1v) is 5.08. The Morgan fingerprint density at radius 3 is 2.75 bits per heavy atom. The largest absolute Gasteiger partial charge is 0.330 e. The molecule has 0 saturated heterocycles. The van der Waals surface area contributed by atoms with E-state index < -0.39 is 0 Å². The predicted molar refractivity (Wildman–Crippen MR) is 62.3 cm³/mol. The van der Waals surface area contributed by atoms with Crippen LogP contribution in [0.25, 0.3) is 0 Å². The van der Waals surface area contributed by atoms with Gasteiger partial charge in [0.05, 0.1) is 0 Å². The summed E-state index contributed by atoms with van der Waals surface area (Å²) in [4.78, 5) is 12.6. The zero-order valence-corrected chi connectivity index (χ0v) is 8.80. The number of hydrogen-bond donors (Lipinski definition) is 2. The van der Waals surface area contributed by atoms with Gasteiger partial charge in [-0.3, -0.25) is 0 Å². The highest BCUT2D eigenvalue weighted by Gasteiger charge is 1.99. The molecule has 5 nitrogen and oxygen atoms in total. The fourth-order valence-electron chi connectivity index (χ4n) is 1.29. The van der Waals surface area contributed by atoms with Gasteiger partial charge in [-0.2, -0.15) is 0 Å². The van der Waals surface area contributed by atoms with Crippen molar-refractivity contribution in [1.29, 1.82) is 0 Å². The Labute approximate surface area is 93.8 Å². The Balaban J connectivity index is 2.12. The smallest absolute Gasteiger partial charge is 0.135 e. The lowest BCUT2D eigenvalue weighted by Gasteiger charge is -2.05. The average Bonchev–Trinajstić information content (AvgIpc) is 2.31. The molecule has 2 heterocycles. The zero-order valence-electron chi connectivity index (χ0n) is 8.80. The van der Waals surface area contributed by atoms with E-state index in [4.69, 9.17) is 5.73 Å². The van der Waals surface area contributed by atoms with E-state index in [-0.39, 0.29) is 0 Å². The molecule has 82 valence electrons. The zero-order chi connectivity index (χ0) is 11.2. The Hall–Kier alpha value is -2.01. The van der Waals surface area contributed by atoms with E-state index in [1.165, 1.54) is 0 Å². The van der Waals surface area contributed by atoms with Crippen molar-refractivity contribution < 1.29 is 0 Å². The van der Waals surface area contributed by atoms with Crippen LogP contribution in [0.2, 0.25) is 0 Å². The van der Waals surface area contributed by atoms with Gasteiger partial charge in [-0.25, -0.2) is 15.0 Å². The number of hydrogen-bond acceptors (Lipinski definition) is 5. The van der Waals surface area contributed by atoms with Crippen molar-refractivity contribution >= 4 is 11.6 Å². The maximum atomic E-state index is 5.45. The highest BCUT2D eigenvalue weighted by Crippen LogP contribution is 2.10. The van der Waals surface area contributed by atoms with E-state index in [0.717, 1.165) is 17.5 Å². The molecule has 0 fully saturated rings. The molecule has 0 radical (unpaired) electrons. The molecule has 16 heavy (non-hydrogen) atoms. The number of aromatic nitrogens is 3. The van der Waals surface area contributed by atoms with Crippen LogP contribution in [-0.2, 0) is 6.42 Å². The van der Waals surface area contributed by atoms with E-state index in [1.54, 1.807) is 18.5 Å². The average molecular weight is 215 g/mol. The minimum atomic E-state index is 0.549. The molecule has 3 N–H and O–H groups in total. The summed E-state index contributed by atoms with van der Waals surface area (Å²) in [6.45, 7) is 0.549. The first-order chi connectivity index (χ1) is 7.88. The SMILES string of the molecule is NCCc1nccc(Nc2ccccn2)n1. The summed E-state index contributed by atoms with van der Waals surface area (Å²) in [5.41, 5.74) is 5.45. The second kappa shape index (κ2) is 5.18. The molecule has 5 heteroatoms. The lowest BCUT2D eigenvalue weighted by atomic mass is 10.4. The third-order valence-corrected chi connectivity index (χ3v) is 1.99. The van der Waals surface area contributed by atoms with E-state index in [0.29, 0.717) is 13.0 Å². The van der Waals surface area contributed by atoms with Gasteiger partial charge in [-0.15, -0.1) is 0 Å². The Morgan fingerprint density at radius 2 is 2.00 bits per heavy atom. The lowest BCUT2D eigenvalue weighted by Crippen LogP contribution is -2.07. The monoisotopic (exact) mass is 215 g/mol. The van der Waals surface area contributed by atoms with Crippen LogP contribution in [0.3, 0.4) is 0 Å².